The lowest BCUT2D eigenvalue weighted by Gasteiger charge is -2.38. The quantitative estimate of drug-likeness (QED) is 0.549. The van der Waals surface area contributed by atoms with E-state index in [0.717, 1.165) is 54.3 Å². The zero-order valence-electron chi connectivity index (χ0n) is 18.3. The molecule has 1 amide bonds. The predicted molar refractivity (Wildman–Crippen MR) is 120 cm³/mol. The van der Waals surface area contributed by atoms with Crippen molar-refractivity contribution in [2.24, 2.45) is 0 Å². The van der Waals surface area contributed by atoms with E-state index < -0.39 is 0 Å². The van der Waals surface area contributed by atoms with Gasteiger partial charge in [-0.05, 0) is 18.6 Å². The summed E-state index contributed by atoms with van der Waals surface area (Å²) >= 11 is 0. The number of carbonyl (C=O) groups excluding carboxylic acids is 1. The van der Waals surface area contributed by atoms with Crippen molar-refractivity contribution in [2.75, 3.05) is 50.9 Å². The summed E-state index contributed by atoms with van der Waals surface area (Å²) in [6.45, 7) is 6.82. The smallest absolute Gasteiger partial charge is 0.409 e. The minimum absolute atomic E-state index is 0.192. The molecular formula is C23H28N6O3. The van der Waals surface area contributed by atoms with E-state index in [4.69, 9.17) is 19.6 Å². The summed E-state index contributed by atoms with van der Waals surface area (Å²) in [7, 11) is 0. The maximum atomic E-state index is 12.2. The Labute approximate surface area is 187 Å². The lowest BCUT2D eigenvalue weighted by Crippen LogP contribution is -2.49. The van der Waals surface area contributed by atoms with E-state index in [9.17, 15) is 4.79 Å². The van der Waals surface area contributed by atoms with Gasteiger partial charge in [-0.3, -0.25) is 4.98 Å². The van der Waals surface area contributed by atoms with Crippen LogP contribution in [-0.4, -0.2) is 76.6 Å². The fraction of sp³-hybridized carbons (Fsp3) is 0.478. The van der Waals surface area contributed by atoms with Crippen molar-refractivity contribution in [1.29, 1.82) is 0 Å². The molecule has 5 rings (SSSR count). The highest BCUT2D eigenvalue weighted by atomic mass is 16.6. The molecule has 0 radical (unpaired) electrons. The standard InChI is InChI=1S/C23H28N6O3/c1-2-3-10-32-23(30)28-15-18(16-28)19-14-22(27-8-11-31-12-9-27)29-21(25-19)13-20(26-29)17-4-6-24-7-5-17/h4-7,13-14,18H,2-3,8-12,15-16H2,1H3. The lowest BCUT2D eigenvalue weighted by molar-refractivity contribution is 0.0699. The highest BCUT2D eigenvalue weighted by Gasteiger charge is 2.34. The zero-order chi connectivity index (χ0) is 21.9. The van der Waals surface area contributed by atoms with Crippen LogP contribution in [0.2, 0.25) is 0 Å². The number of nitrogens with zero attached hydrogens (tertiary/aromatic N) is 6. The third-order valence-corrected chi connectivity index (χ3v) is 6.02. The molecule has 0 bridgehead atoms. The topological polar surface area (TPSA) is 85.1 Å². The van der Waals surface area contributed by atoms with Gasteiger partial charge < -0.3 is 19.3 Å². The second-order valence-electron chi connectivity index (χ2n) is 8.24. The van der Waals surface area contributed by atoms with E-state index in [-0.39, 0.29) is 12.0 Å². The SMILES string of the molecule is CCCCOC(=O)N1CC(c2cc(N3CCOCC3)n3nc(-c4ccncc4)cc3n2)C1. The molecule has 0 spiro atoms. The van der Waals surface area contributed by atoms with Gasteiger partial charge in [-0.1, -0.05) is 13.3 Å². The Morgan fingerprint density at radius 1 is 1.19 bits per heavy atom. The summed E-state index contributed by atoms with van der Waals surface area (Å²) in [4.78, 5) is 25.3. The molecule has 0 atom stereocenters. The Bertz CT molecular complexity index is 1070. The molecule has 9 nitrogen and oxygen atoms in total. The third-order valence-electron chi connectivity index (χ3n) is 6.02. The molecule has 3 aromatic rings. The molecule has 2 saturated heterocycles. The van der Waals surface area contributed by atoms with Crippen LogP contribution >= 0.6 is 0 Å². The van der Waals surface area contributed by atoms with Gasteiger partial charge in [-0.15, -0.1) is 0 Å². The Morgan fingerprint density at radius 2 is 1.97 bits per heavy atom. The van der Waals surface area contributed by atoms with Crippen LogP contribution < -0.4 is 4.90 Å². The van der Waals surface area contributed by atoms with Crippen molar-refractivity contribution in [3.8, 4) is 11.3 Å². The number of amides is 1. The van der Waals surface area contributed by atoms with E-state index in [1.165, 1.54) is 0 Å². The van der Waals surface area contributed by atoms with Crippen molar-refractivity contribution in [3.63, 3.8) is 0 Å². The summed E-state index contributed by atoms with van der Waals surface area (Å²) in [5.41, 5.74) is 3.66. The molecule has 32 heavy (non-hydrogen) atoms. The maximum absolute atomic E-state index is 12.2. The molecular weight excluding hydrogens is 408 g/mol. The van der Waals surface area contributed by atoms with Crippen molar-refractivity contribution in [2.45, 2.75) is 25.7 Å². The average Bonchev–Trinajstić information content (AvgIpc) is 3.23. The fourth-order valence-electron chi connectivity index (χ4n) is 4.08. The molecule has 2 aliphatic rings. The summed E-state index contributed by atoms with van der Waals surface area (Å²) in [6, 6.07) is 8.03. The first-order valence-corrected chi connectivity index (χ1v) is 11.3. The fourth-order valence-corrected chi connectivity index (χ4v) is 4.08. The molecule has 2 fully saturated rings. The number of carbonyl (C=O) groups is 1. The second kappa shape index (κ2) is 9.12. The van der Waals surface area contributed by atoms with Crippen LogP contribution in [0.3, 0.4) is 0 Å². The lowest BCUT2D eigenvalue weighted by atomic mass is 9.96. The monoisotopic (exact) mass is 436 g/mol. The summed E-state index contributed by atoms with van der Waals surface area (Å²) in [6.07, 6.45) is 5.21. The number of hydrogen-bond donors (Lipinski definition) is 0. The van der Waals surface area contributed by atoms with E-state index in [1.54, 1.807) is 17.3 Å². The van der Waals surface area contributed by atoms with Gasteiger partial charge in [0.05, 0.1) is 31.2 Å². The van der Waals surface area contributed by atoms with E-state index in [0.29, 0.717) is 32.9 Å². The Balaban J connectivity index is 1.42. The number of pyridine rings is 1. The molecule has 3 aromatic heterocycles. The number of likely N-dealkylation sites (tertiary alicyclic amines) is 1. The maximum Gasteiger partial charge on any atom is 0.409 e. The van der Waals surface area contributed by atoms with E-state index in [1.807, 2.05) is 22.7 Å². The van der Waals surface area contributed by atoms with Crippen molar-refractivity contribution in [3.05, 3.63) is 42.4 Å². The second-order valence-corrected chi connectivity index (χ2v) is 8.24. The van der Waals surface area contributed by atoms with Crippen LogP contribution in [0.4, 0.5) is 10.6 Å². The number of morpholine rings is 1. The van der Waals surface area contributed by atoms with Gasteiger partial charge in [0.2, 0.25) is 0 Å². The number of rotatable bonds is 6. The Morgan fingerprint density at radius 3 is 2.72 bits per heavy atom. The number of hydrogen-bond acceptors (Lipinski definition) is 7. The minimum Gasteiger partial charge on any atom is -0.449 e. The average molecular weight is 437 g/mol. The largest absolute Gasteiger partial charge is 0.449 e. The van der Waals surface area contributed by atoms with Gasteiger partial charge in [0, 0.05) is 62.2 Å². The number of fused-ring (bicyclic) bond motifs is 1. The van der Waals surface area contributed by atoms with Crippen LogP contribution in [0.5, 0.6) is 0 Å². The minimum atomic E-state index is -0.228. The van der Waals surface area contributed by atoms with Crippen LogP contribution in [-0.2, 0) is 9.47 Å². The summed E-state index contributed by atoms with van der Waals surface area (Å²) in [5, 5.41) is 4.85. The van der Waals surface area contributed by atoms with Gasteiger partial charge in [0.15, 0.2) is 5.65 Å². The van der Waals surface area contributed by atoms with Gasteiger partial charge in [0.1, 0.15) is 5.82 Å². The van der Waals surface area contributed by atoms with Crippen LogP contribution in [0.1, 0.15) is 31.4 Å². The third kappa shape index (κ3) is 4.12. The highest BCUT2D eigenvalue weighted by molar-refractivity contribution is 5.69. The summed E-state index contributed by atoms with van der Waals surface area (Å²) < 4.78 is 12.8. The number of aromatic nitrogens is 4. The molecule has 0 unspecified atom stereocenters. The normalized spacial score (nSPS) is 16.9. The number of anilines is 1. The van der Waals surface area contributed by atoms with Crippen molar-refractivity contribution in [1.82, 2.24) is 24.5 Å². The van der Waals surface area contributed by atoms with Gasteiger partial charge >= 0.3 is 6.09 Å². The highest BCUT2D eigenvalue weighted by Crippen LogP contribution is 2.31. The predicted octanol–water partition coefficient (Wildman–Crippen LogP) is 2.96. The Hall–Kier alpha value is -3.20. The molecule has 0 N–H and O–H groups in total. The van der Waals surface area contributed by atoms with E-state index in [2.05, 4.69) is 22.9 Å². The van der Waals surface area contributed by atoms with Gasteiger partial charge in [-0.25, -0.2) is 9.78 Å². The van der Waals surface area contributed by atoms with Crippen molar-refractivity contribution >= 4 is 17.6 Å². The molecule has 0 aliphatic carbocycles. The molecule has 5 heterocycles. The van der Waals surface area contributed by atoms with Crippen LogP contribution in [0.15, 0.2) is 36.7 Å². The Kier molecular flexibility index (Phi) is 5.89. The number of ether oxygens (including phenoxy) is 2. The van der Waals surface area contributed by atoms with Crippen LogP contribution in [0, 0.1) is 0 Å². The first-order chi connectivity index (χ1) is 15.7. The van der Waals surface area contributed by atoms with Crippen molar-refractivity contribution < 1.29 is 14.3 Å². The zero-order valence-corrected chi connectivity index (χ0v) is 18.3. The molecule has 9 heteroatoms. The van der Waals surface area contributed by atoms with Gasteiger partial charge in [0.25, 0.3) is 0 Å². The first kappa shape index (κ1) is 20.7. The molecule has 2 aliphatic heterocycles. The van der Waals surface area contributed by atoms with E-state index >= 15 is 0 Å². The van der Waals surface area contributed by atoms with Crippen LogP contribution in [0.25, 0.3) is 16.9 Å². The van der Waals surface area contributed by atoms with Gasteiger partial charge in [-0.2, -0.15) is 9.61 Å². The molecule has 0 aromatic carbocycles. The summed E-state index contributed by atoms with van der Waals surface area (Å²) in [5.74, 6) is 1.20. The number of unbranched alkanes of at least 4 members (excludes halogenated alkanes) is 1. The molecule has 168 valence electrons. The first-order valence-electron chi connectivity index (χ1n) is 11.3. The molecule has 0 saturated carbocycles.